The van der Waals surface area contributed by atoms with E-state index in [2.05, 4.69) is 15.3 Å². The highest BCUT2D eigenvalue weighted by atomic mass is 16.6. The normalized spacial score (nSPS) is 16.8. The highest BCUT2D eigenvalue weighted by Gasteiger charge is 2.24. The summed E-state index contributed by atoms with van der Waals surface area (Å²) < 4.78 is 5.39. The molecule has 0 radical (unpaired) electrons. The van der Waals surface area contributed by atoms with E-state index >= 15 is 0 Å². The Morgan fingerprint density at radius 1 is 1.19 bits per heavy atom. The van der Waals surface area contributed by atoms with Gasteiger partial charge in [0.25, 0.3) is 11.6 Å². The number of carbonyl (C=O) groups excluding carboxylic acids is 1. The molecule has 1 aromatic heterocycles. The first kappa shape index (κ1) is 19.5. The van der Waals surface area contributed by atoms with E-state index in [1.165, 1.54) is 18.6 Å². The number of non-ortho nitro benzene ring substituents is 1. The van der Waals surface area contributed by atoms with Gasteiger partial charge in [0.15, 0.2) is 0 Å². The van der Waals surface area contributed by atoms with Crippen LogP contribution in [0, 0.1) is 10.1 Å². The van der Waals surface area contributed by atoms with Gasteiger partial charge in [-0.25, -0.2) is 4.98 Å². The van der Waals surface area contributed by atoms with Crippen LogP contribution >= 0.6 is 0 Å². The van der Waals surface area contributed by atoms with Crippen molar-refractivity contribution in [2.45, 2.75) is 25.2 Å². The maximum absolute atomic E-state index is 13.1. The van der Waals surface area contributed by atoms with E-state index < -0.39 is 4.92 Å². The largest absolute Gasteiger partial charge is 0.378 e. The molecule has 0 atom stereocenters. The van der Waals surface area contributed by atoms with Gasteiger partial charge in [-0.3, -0.25) is 14.9 Å². The molecule has 2 N–H and O–H groups in total. The van der Waals surface area contributed by atoms with Gasteiger partial charge in [-0.1, -0.05) is 6.42 Å². The molecule has 1 aliphatic carbocycles. The standard InChI is InChI=1S/C22H23N5O4/c28-22(17-13-16(27(29)30)5-7-20(17)26-8-10-31-11-9-26)23-15-4-6-18-19(12-15)25-21(24-18)14-2-1-3-14/h4-7,12-14H,1-3,8-11H2,(H,23,28)(H,24,25). The van der Waals surface area contributed by atoms with E-state index in [4.69, 9.17) is 4.74 Å². The van der Waals surface area contributed by atoms with Gasteiger partial charge in [0, 0.05) is 36.8 Å². The number of hydrogen-bond acceptors (Lipinski definition) is 6. The summed E-state index contributed by atoms with van der Waals surface area (Å²) in [6.07, 6.45) is 3.54. The molecular formula is C22H23N5O4. The Hall–Kier alpha value is -3.46. The number of nitrogens with zero attached hydrogens (tertiary/aromatic N) is 3. The second-order valence-corrected chi connectivity index (χ2v) is 7.99. The number of nitro groups is 1. The molecule has 160 valence electrons. The van der Waals surface area contributed by atoms with E-state index in [1.54, 1.807) is 12.1 Å². The number of benzene rings is 2. The van der Waals surface area contributed by atoms with Gasteiger partial charge < -0.3 is 19.9 Å². The average Bonchev–Trinajstić information content (AvgIpc) is 3.15. The summed E-state index contributed by atoms with van der Waals surface area (Å²) in [6.45, 7) is 2.36. The van der Waals surface area contributed by atoms with Crippen molar-refractivity contribution in [2.24, 2.45) is 0 Å². The molecule has 31 heavy (non-hydrogen) atoms. The fraction of sp³-hybridized carbons (Fsp3) is 0.364. The lowest BCUT2D eigenvalue weighted by atomic mass is 9.85. The van der Waals surface area contributed by atoms with Crippen LogP contribution in [0.1, 0.15) is 41.4 Å². The first-order valence-electron chi connectivity index (χ1n) is 10.5. The number of H-pyrrole nitrogens is 1. The minimum absolute atomic E-state index is 0.115. The van der Waals surface area contributed by atoms with Crippen molar-refractivity contribution in [1.82, 2.24) is 9.97 Å². The maximum Gasteiger partial charge on any atom is 0.270 e. The predicted molar refractivity (Wildman–Crippen MR) is 117 cm³/mol. The number of aromatic amines is 1. The quantitative estimate of drug-likeness (QED) is 0.478. The summed E-state index contributed by atoms with van der Waals surface area (Å²) in [6, 6.07) is 9.94. The molecule has 9 nitrogen and oxygen atoms in total. The van der Waals surface area contributed by atoms with Gasteiger partial charge in [0.2, 0.25) is 0 Å². The zero-order chi connectivity index (χ0) is 21.4. The van der Waals surface area contributed by atoms with Crippen LogP contribution in [-0.2, 0) is 4.74 Å². The van der Waals surface area contributed by atoms with E-state index in [0.717, 1.165) is 29.7 Å². The Labute approximate surface area is 178 Å². The number of morpholine rings is 1. The molecule has 1 amide bonds. The number of ether oxygens (including phenoxy) is 1. The van der Waals surface area contributed by atoms with Crippen molar-refractivity contribution in [3.63, 3.8) is 0 Å². The minimum atomic E-state index is -0.488. The molecular weight excluding hydrogens is 398 g/mol. The Morgan fingerprint density at radius 2 is 2.00 bits per heavy atom. The van der Waals surface area contributed by atoms with Crippen LogP contribution in [-0.4, -0.2) is 47.1 Å². The third kappa shape index (κ3) is 3.84. The number of carbonyl (C=O) groups is 1. The molecule has 1 aliphatic heterocycles. The smallest absolute Gasteiger partial charge is 0.270 e. The van der Waals surface area contributed by atoms with Crippen molar-refractivity contribution in [2.75, 3.05) is 36.5 Å². The Morgan fingerprint density at radius 3 is 2.71 bits per heavy atom. The highest BCUT2D eigenvalue weighted by molar-refractivity contribution is 6.09. The van der Waals surface area contributed by atoms with Crippen LogP contribution in [0.25, 0.3) is 11.0 Å². The van der Waals surface area contributed by atoms with Crippen LogP contribution < -0.4 is 10.2 Å². The number of aromatic nitrogens is 2. The number of anilines is 2. The van der Waals surface area contributed by atoms with Gasteiger partial charge in [-0.2, -0.15) is 0 Å². The van der Waals surface area contributed by atoms with Crippen LogP contribution in [0.3, 0.4) is 0 Å². The summed E-state index contributed by atoms with van der Waals surface area (Å²) in [5.74, 6) is 1.10. The fourth-order valence-corrected chi connectivity index (χ4v) is 4.08. The molecule has 5 rings (SSSR count). The molecule has 3 aromatic rings. The number of imidazole rings is 1. The van der Waals surface area contributed by atoms with Gasteiger partial charge >= 0.3 is 0 Å². The predicted octanol–water partition coefficient (Wildman–Crippen LogP) is 3.83. The lowest BCUT2D eigenvalue weighted by molar-refractivity contribution is -0.384. The van der Waals surface area contributed by atoms with Gasteiger partial charge in [0.05, 0.1) is 40.4 Å². The average molecular weight is 421 g/mol. The van der Waals surface area contributed by atoms with Crippen molar-refractivity contribution in [3.8, 4) is 0 Å². The Balaban J connectivity index is 1.43. The molecule has 9 heteroatoms. The third-order valence-corrected chi connectivity index (χ3v) is 6.04. The minimum Gasteiger partial charge on any atom is -0.378 e. The second-order valence-electron chi connectivity index (χ2n) is 7.99. The summed E-state index contributed by atoms with van der Waals surface area (Å²) in [5, 5.41) is 14.2. The van der Waals surface area contributed by atoms with Crippen LogP contribution in [0.15, 0.2) is 36.4 Å². The first-order chi connectivity index (χ1) is 15.1. The van der Waals surface area contributed by atoms with Gasteiger partial charge in [0.1, 0.15) is 5.82 Å². The van der Waals surface area contributed by atoms with Crippen molar-refractivity contribution in [1.29, 1.82) is 0 Å². The topological polar surface area (TPSA) is 113 Å². The highest BCUT2D eigenvalue weighted by Crippen LogP contribution is 2.36. The van der Waals surface area contributed by atoms with E-state index in [1.807, 2.05) is 17.0 Å². The summed E-state index contributed by atoms with van der Waals surface area (Å²) in [7, 11) is 0. The molecule has 2 fully saturated rings. The molecule has 0 spiro atoms. The van der Waals surface area contributed by atoms with Crippen LogP contribution in [0.5, 0.6) is 0 Å². The summed E-state index contributed by atoms with van der Waals surface area (Å²) in [4.78, 5) is 34.0. The number of nitrogens with one attached hydrogen (secondary N) is 2. The maximum atomic E-state index is 13.1. The lowest BCUT2D eigenvalue weighted by Gasteiger charge is -2.30. The Kier molecular flexibility index (Phi) is 5.03. The van der Waals surface area contributed by atoms with Gasteiger partial charge in [-0.15, -0.1) is 0 Å². The van der Waals surface area contributed by atoms with Crippen molar-refractivity contribution in [3.05, 3.63) is 57.9 Å². The number of rotatable bonds is 5. The number of fused-ring (bicyclic) bond motifs is 1. The lowest BCUT2D eigenvalue weighted by Crippen LogP contribution is -2.37. The number of amides is 1. The van der Waals surface area contributed by atoms with E-state index in [-0.39, 0.29) is 17.2 Å². The number of nitro benzene ring substituents is 1. The van der Waals surface area contributed by atoms with Gasteiger partial charge in [-0.05, 0) is 37.1 Å². The molecule has 0 bridgehead atoms. The van der Waals surface area contributed by atoms with Crippen LogP contribution in [0.4, 0.5) is 17.1 Å². The summed E-state index contributed by atoms with van der Waals surface area (Å²) >= 11 is 0. The zero-order valence-corrected chi connectivity index (χ0v) is 17.0. The fourth-order valence-electron chi connectivity index (χ4n) is 4.08. The first-order valence-corrected chi connectivity index (χ1v) is 10.5. The zero-order valence-electron chi connectivity index (χ0n) is 17.0. The molecule has 2 aliphatic rings. The monoisotopic (exact) mass is 421 g/mol. The Bertz CT molecular complexity index is 1150. The van der Waals surface area contributed by atoms with Crippen LogP contribution in [0.2, 0.25) is 0 Å². The third-order valence-electron chi connectivity index (χ3n) is 6.04. The SMILES string of the molecule is O=C(Nc1ccc2nc(C3CCC3)[nH]c2c1)c1cc([N+](=O)[O-])ccc1N1CCOCC1. The van der Waals surface area contributed by atoms with E-state index in [0.29, 0.717) is 43.6 Å². The molecule has 2 aromatic carbocycles. The molecule has 1 saturated carbocycles. The van der Waals surface area contributed by atoms with Crippen molar-refractivity contribution < 1.29 is 14.5 Å². The van der Waals surface area contributed by atoms with Crippen molar-refractivity contribution >= 4 is 34.0 Å². The summed E-state index contributed by atoms with van der Waals surface area (Å²) in [5.41, 5.74) is 3.17. The molecule has 2 heterocycles. The molecule has 1 saturated heterocycles. The van der Waals surface area contributed by atoms with E-state index in [9.17, 15) is 14.9 Å². The number of hydrogen-bond donors (Lipinski definition) is 2. The second kappa shape index (κ2) is 7.99. The molecule has 0 unspecified atom stereocenters.